The van der Waals surface area contributed by atoms with E-state index in [0.29, 0.717) is 11.7 Å². The Balaban J connectivity index is 2.71. The van der Waals surface area contributed by atoms with E-state index in [1.165, 1.54) is 5.57 Å². The van der Waals surface area contributed by atoms with Crippen LogP contribution < -0.4 is 4.74 Å². The first-order valence-electron chi connectivity index (χ1n) is 9.44. The molecule has 0 aliphatic carbocycles. The molecule has 0 atom stereocenters. The molecule has 1 N–H and O–H groups in total. The molecule has 0 bridgehead atoms. The summed E-state index contributed by atoms with van der Waals surface area (Å²) in [7, 11) is 1.65. The van der Waals surface area contributed by atoms with Crippen LogP contribution in [-0.2, 0) is 0 Å². The van der Waals surface area contributed by atoms with Gasteiger partial charge in [-0.15, -0.1) is 11.6 Å². The maximum atomic E-state index is 8.32. The van der Waals surface area contributed by atoms with Gasteiger partial charge in [0.15, 0.2) is 0 Å². The lowest BCUT2D eigenvalue weighted by Gasteiger charge is -2.16. The van der Waals surface area contributed by atoms with E-state index < -0.39 is 0 Å². The summed E-state index contributed by atoms with van der Waals surface area (Å²) in [6.07, 6.45) is 16.9. The monoisotopic (exact) mass is 398 g/mol. The van der Waals surface area contributed by atoms with Crippen molar-refractivity contribution in [2.45, 2.75) is 27.2 Å². The number of hydrogen-bond acceptors (Lipinski definition) is 2. The molecule has 0 unspecified atom stereocenters. The summed E-state index contributed by atoms with van der Waals surface area (Å²) >= 11 is 5.71. The summed E-state index contributed by atoms with van der Waals surface area (Å²) < 4.78 is 5.16. The minimum absolute atomic E-state index is 0.440. The molecule has 1 aromatic carbocycles. The summed E-state index contributed by atoms with van der Waals surface area (Å²) in [5, 5.41) is 8.32. The molecule has 0 heterocycles. The van der Waals surface area contributed by atoms with Gasteiger partial charge in [-0.05, 0) is 62.6 Å². The van der Waals surface area contributed by atoms with Gasteiger partial charge >= 0.3 is 0 Å². The van der Waals surface area contributed by atoms with Crippen molar-refractivity contribution in [2.24, 2.45) is 0 Å². The molecular formula is C24H31ClN2O. The Morgan fingerprint density at radius 3 is 2.46 bits per heavy atom. The molecule has 0 aromatic heterocycles. The van der Waals surface area contributed by atoms with Crippen molar-refractivity contribution in [3.8, 4) is 5.75 Å². The fraction of sp³-hybridized carbons (Fsp3) is 0.292. The van der Waals surface area contributed by atoms with Crippen LogP contribution in [0.15, 0.2) is 78.1 Å². The predicted octanol–water partition coefficient (Wildman–Crippen LogP) is 6.60. The number of nitrogens with one attached hydrogen (secondary N) is 1. The Morgan fingerprint density at radius 1 is 1.18 bits per heavy atom. The number of allylic oxidation sites excluding steroid dienone is 7. The van der Waals surface area contributed by atoms with Gasteiger partial charge < -0.3 is 9.64 Å². The van der Waals surface area contributed by atoms with Crippen LogP contribution in [0.3, 0.4) is 0 Å². The standard InChI is InChI=1S/C24H31ClN2O/c1-5-21(9-7-8-20(3)16-18-25)17-19-27(6-2)24(26)15-12-22-10-13-23(28-4)14-11-22/h5,7,9-17,19,26H,6,8,18H2,1-4H3/b9-7-,15-12+,19-17+,20-16+,21-5+,26-24?. The third kappa shape index (κ3) is 8.92. The maximum absolute atomic E-state index is 8.32. The fourth-order valence-electron chi connectivity index (χ4n) is 2.36. The minimum Gasteiger partial charge on any atom is -0.497 e. The van der Waals surface area contributed by atoms with Gasteiger partial charge in [-0.25, -0.2) is 0 Å². The zero-order valence-corrected chi connectivity index (χ0v) is 18.0. The molecule has 4 heteroatoms. The van der Waals surface area contributed by atoms with Gasteiger partial charge in [0.1, 0.15) is 11.6 Å². The number of likely N-dealkylation sites (N-methyl/N-ethyl adjacent to an activating group) is 1. The highest BCUT2D eigenvalue weighted by Gasteiger charge is 2.00. The van der Waals surface area contributed by atoms with Crippen molar-refractivity contribution in [1.82, 2.24) is 4.90 Å². The normalized spacial score (nSPS) is 13.0. The predicted molar refractivity (Wildman–Crippen MR) is 123 cm³/mol. The molecule has 0 radical (unpaired) electrons. The summed E-state index contributed by atoms with van der Waals surface area (Å²) in [6.45, 7) is 6.84. The van der Waals surface area contributed by atoms with Gasteiger partial charge in [-0.3, -0.25) is 5.41 Å². The van der Waals surface area contributed by atoms with Gasteiger partial charge in [-0.1, -0.05) is 48.1 Å². The number of amidine groups is 1. The van der Waals surface area contributed by atoms with Crippen LogP contribution in [0, 0.1) is 5.41 Å². The number of rotatable bonds is 10. The number of nitrogens with zero attached hydrogens (tertiary/aromatic N) is 1. The zero-order chi connectivity index (χ0) is 20.8. The minimum atomic E-state index is 0.440. The molecule has 0 fully saturated rings. The van der Waals surface area contributed by atoms with E-state index in [1.807, 2.05) is 67.4 Å². The number of alkyl halides is 1. The first-order valence-corrected chi connectivity index (χ1v) is 9.97. The number of ether oxygens (including phenoxy) is 1. The molecule has 0 amide bonds. The lowest BCUT2D eigenvalue weighted by atomic mass is 10.1. The average Bonchev–Trinajstić information content (AvgIpc) is 2.71. The Hall–Kier alpha value is -2.52. The molecule has 1 aromatic rings. The van der Waals surface area contributed by atoms with Crippen LogP contribution in [0.5, 0.6) is 5.75 Å². The van der Waals surface area contributed by atoms with Crippen LogP contribution in [0.25, 0.3) is 6.08 Å². The molecule has 3 nitrogen and oxygen atoms in total. The van der Waals surface area contributed by atoms with Gasteiger partial charge in [0.2, 0.25) is 0 Å². The van der Waals surface area contributed by atoms with E-state index in [0.717, 1.165) is 29.9 Å². The summed E-state index contributed by atoms with van der Waals surface area (Å²) in [4.78, 5) is 1.90. The average molecular weight is 399 g/mol. The van der Waals surface area contributed by atoms with Crippen LogP contribution >= 0.6 is 11.6 Å². The second-order valence-electron chi connectivity index (χ2n) is 6.19. The van der Waals surface area contributed by atoms with E-state index in [2.05, 4.69) is 25.2 Å². The molecule has 0 spiro atoms. The lowest BCUT2D eigenvalue weighted by Crippen LogP contribution is -2.22. The summed E-state index contributed by atoms with van der Waals surface area (Å²) in [5.74, 6) is 1.81. The van der Waals surface area contributed by atoms with Crippen molar-refractivity contribution in [2.75, 3.05) is 19.5 Å². The van der Waals surface area contributed by atoms with Crippen LogP contribution in [0.4, 0.5) is 0 Å². The first kappa shape index (κ1) is 23.5. The van der Waals surface area contributed by atoms with E-state index in [1.54, 1.807) is 13.2 Å². The number of hydrogen-bond donors (Lipinski definition) is 1. The highest BCUT2D eigenvalue weighted by atomic mass is 35.5. The van der Waals surface area contributed by atoms with Crippen LogP contribution in [-0.4, -0.2) is 30.3 Å². The molecule has 0 aliphatic heterocycles. The van der Waals surface area contributed by atoms with E-state index in [9.17, 15) is 0 Å². The molecule has 0 saturated carbocycles. The number of halogens is 1. The Kier molecular flexibility index (Phi) is 11.4. The van der Waals surface area contributed by atoms with Crippen molar-refractivity contribution >= 4 is 23.5 Å². The van der Waals surface area contributed by atoms with Crippen molar-refractivity contribution in [1.29, 1.82) is 5.41 Å². The van der Waals surface area contributed by atoms with Crippen LogP contribution in [0.1, 0.15) is 32.8 Å². The lowest BCUT2D eigenvalue weighted by molar-refractivity contribution is 0.415. The highest BCUT2D eigenvalue weighted by Crippen LogP contribution is 2.13. The molecule has 150 valence electrons. The SMILES string of the molecule is C/C=C(\C=C/C/C(C)=C/CCl)/C=C/N(CC)C(=N)/C=C/c1ccc(OC)cc1. The van der Waals surface area contributed by atoms with E-state index in [4.69, 9.17) is 21.7 Å². The largest absolute Gasteiger partial charge is 0.497 e. The van der Waals surface area contributed by atoms with Crippen molar-refractivity contribution in [3.63, 3.8) is 0 Å². The van der Waals surface area contributed by atoms with Gasteiger partial charge in [0, 0.05) is 18.6 Å². The second-order valence-corrected chi connectivity index (χ2v) is 6.50. The maximum Gasteiger partial charge on any atom is 0.124 e. The molecule has 1 rings (SSSR count). The molecular weight excluding hydrogens is 368 g/mol. The number of benzene rings is 1. The Morgan fingerprint density at radius 2 is 1.89 bits per heavy atom. The molecule has 0 saturated heterocycles. The van der Waals surface area contributed by atoms with E-state index >= 15 is 0 Å². The van der Waals surface area contributed by atoms with Crippen molar-refractivity contribution in [3.05, 3.63) is 83.6 Å². The highest BCUT2D eigenvalue weighted by molar-refractivity contribution is 6.18. The zero-order valence-electron chi connectivity index (χ0n) is 17.3. The van der Waals surface area contributed by atoms with Crippen molar-refractivity contribution < 1.29 is 4.74 Å². The Bertz CT molecular complexity index is 755. The quantitative estimate of drug-likeness (QED) is 0.158. The second kappa shape index (κ2) is 13.6. The topological polar surface area (TPSA) is 36.3 Å². The smallest absolute Gasteiger partial charge is 0.124 e. The van der Waals surface area contributed by atoms with Gasteiger partial charge in [-0.2, -0.15) is 0 Å². The van der Waals surface area contributed by atoms with Gasteiger partial charge in [0.25, 0.3) is 0 Å². The summed E-state index contributed by atoms with van der Waals surface area (Å²) in [6, 6.07) is 7.77. The van der Waals surface area contributed by atoms with Gasteiger partial charge in [0.05, 0.1) is 7.11 Å². The molecule has 28 heavy (non-hydrogen) atoms. The Labute approximate surface area is 174 Å². The van der Waals surface area contributed by atoms with Crippen LogP contribution in [0.2, 0.25) is 0 Å². The van der Waals surface area contributed by atoms with E-state index in [-0.39, 0.29) is 0 Å². The number of methoxy groups -OCH3 is 1. The third-order valence-electron chi connectivity index (χ3n) is 4.16. The fourth-order valence-corrected chi connectivity index (χ4v) is 2.63. The summed E-state index contributed by atoms with van der Waals surface area (Å²) in [5.41, 5.74) is 3.39. The third-order valence-corrected chi connectivity index (χ3v) is 4.31. The molecule has 0 aliphatic rings. The first-order chi connectivity index (χ1) is 13.5.